The molecule has 1 aromatic heterocycles. The molecule has 0 aliphatic heterocycles. The third-order valence-electron chi connectivity index (χ3n) is 4.28. The fraction of sp³-hybridized carbons (Fsp3) is 0.217. The van der Waals surface area contributed by atoms with Crippen LogP contribution in [0.1, 0.15) is 26.6 Å². The quantitative estimate of drug-likeness (QED) is 0.493. The van der Waals surface area contributed by atoms with Crippen LogP contribution >= 0.6 is 11.3 Å². The molecule has 3 aromatic rings. The van der Waals surface area contributed by atoms with Crippen molar-refractivity contribution in [2.24, 2.45) is 0 Å². The number of amides is 1. The van der Waals surface area contributed by atoms with Gasteiger partial charge < -0.3 is 19.5 Å². The fourth-order valence-corrected chi connectivity index (χ4v) is 3.39. The van der Waals surface area contributed by atoms with Crippen molar-refractivity contribution in [2.75, 3.05) is 19.0 Å². The number of hydrogen-bond acceptors (Lipinski definition) is 8. The van der Waals surface area contributed by atoms with E-state index in [4.69, 9.17) is 9.47 Å². The van der Waals surface area contributed by atoms with Crippen LogP contribution in [0.3, 0.4) is 0 Å². The Bertz CT molecular complexity index is 1090. The minimum atomic E-state index is -0.585. The molecule has 0 aliphatic carbocycles. The molecular formula is C23H22N2O6S. The molecule has 3 rings (SSSR count). The number of rotatable bonds is 9. The van der Waals surface area contributed by atoms with Crippen molar-refractivity contribution in [3.8, 4) is 5.75 Å². The summed E-state index contributed by atoms with van der Waals surface area (Å²) in [7, 11) is 1.25. The van der Waals surface area contributed by atoms with Crippen LogP contribution in [0.5, 0.6) is 5.75 Å². The summed E-state index contributed by atoms with van der Waals surface area (Å²) in [4.78, 5) is 40.3. The number of nitrogens with zero attached hydrogens (tertiary/aromatic N) is 1. The summed E-state index contributed by atoms with van der Waals surface area (Å²) < 4.78 is 15.4. The van der Waals surface area contributed by atoms with Gasteiger partial charge in [-0.1, -0.05) is 29.8 Å². The van der Waals surface area contributed by atoms with Crippen molar-refractivity contribution in [3.63, 3.8) is 0 Å². The lowest BCUT2D eigenvalue weighted by atomic mass is 10.2. The molecular weight excluding hydrogens is 432 g/mol. The van der Waals surface area contributed by atoms with Gasteiger partial charge in [0.05, 0.1) is 30.5 Å². The average Bonchev–Trinajstić information content (AvgIpc) is 3.24. The summed E-state index contributed by atoms with van der Waals surface area (Å²) in [5.41, 5.74) is 2.17. The van der Waals surface area contributed by atoms with Crippen LogP contribution in [0.4, 0.5) is 5.69 Å². The number of anilines is 1. The van der Waals surface area contributed by atoms with Crippen molar-refractivity contribution >= 4 is 34.9 Å². The highest BCUT2D eigenvalue weighted by molar-refractivity contribution is 7.09. The average molecular weight is 455 g/mol. The fourth-order valence-electron chi connectivity index (χ4n) is 2.69. The SMILES string of the molecule is COC(=O)c1ccccc1NC(=O)COC(=O)Cc1csc(COc2ccc(C)cc2)n1. The number of aryl methyl sites for hydroxylation is 1. The zero-order valence-corrected chi connectivity index (χ0v) is 18.4. The molecule has 0 radical (unpaired) electrons. The molecule has 2 aromatic carbocycles. The Morgan fingerprint density at radius 3 is 2.56 bits per heavy atom. The Kier molecular flexibility index (Phi) is 7.93. The third kappa shape index (κ3) is 6.64. The monoisotopic (exact) mass is 454 g/mol. The number of methoxy groups -OCH3 is 1. The first kappa shape index (κ1) is 23.0. The second-order valence-electron chi connectivity index (χ2n) is 6.76. The molecule has 0 saturated carbocycles. The normalized spacial score (nSPS) is 10.3. The zero-order valence-electron chi connectivity index (χ0n) is 17.6. The number of thiazole rings is 1. The maximum absolute atomic E-state index is 12.1. The van der Waals surface area contributed by atoms with Crippen LogP contribution < -0.4 is 10.1 Å². The Morgan fingerprint density at radius 2 is 1.81 bits per heavy atom. The minimum absolute atomic E-state index is 0.0624. The molecule has 0 bridgehead atoms. The van der Waals surface area contributed by atoms with Crippen molar-refractivity contribution < 1.29 is 28.6 Å². The first-order chi connectivity index (χ1) is 15.4. The molecule has 1 amide bonds. The van der Waals surface area contributed by atoms with E-state index in [1.54, 1.807) is 23.6 Å². The smallest absolute Gasteiger partial charge is 0.339 e. The summed E-state index contributed by atoms with van der Waals surface area (Å²) in [5, 5.41) is 5.02. The first-order valence-corrected chi connectivity index (χ1v) is 10.6. The Morgan fingerprint density at radius 1 is 1.06 bits per heavy atom. The molecule has 0 atom stereocenters. The second-order valence-corrected chi connectivity index (χ2v) is 7.70. The van der Waals surface area contributed by atoms with Gasteiger partial charge in [-0.25, -0.2) is 9.78 Å². The van der Waals surface area contributed by atoms with Crippen molar-refractivity contribution in [1.29, 1.82) is 0 Å². The van der Waals surface area contributed by atoms with Crippen molar-refractivity contribution in [2.45, 2.75) is 20.0 Å². The van der Waals surface area contributed by atoms with Gasteiger partial charge in [0, 0.05) is 5.38 Å². The van der Waals surface area contributed by atoms with Gasteiger partial charge >= 0.3 is 11.9 Å². The maximum Gasteiger partial charge on any atom is 0.339 e. The van der Waals surface area contributed by atoms with E-state index in [2.05, 4.69) is 15.0 Å². The Hall–Kier alpha value is -3.72. The lowest BCUT2D eigenvalue weighted by Gasteiger charge is -2.09. The highest BCUT2D eigenvalue weighted by Crippen LogP contribution is 2.17. The van der Waals surface area contributed by atoms with E-state index in [0.717, 1.165) is 16.3 Å². The topological polar surface area (TPSA) is 104 Å². The van der Waals surface area contributed by atoms with E-state index in [1.165, 1.54) is 24.5 Å². The summed E-state index contributed by atoms with van der Waals surface area (Å²) in [6, 6.07) is 14.1. The van der Waals surface area contributed by atoms with Gasteiger partial charge in [0.25, 0.3) is 5.91 Å². The van der Waals surface area contributed by atoms with Gasteiger partial charge in [-0.2, -0.15) is 0 Å². The van der Waals surface area contributed by atoms with Gasteiger partial charge in [-0.15, -0.1) is 11.3 Å². The number of para-hydroxylation sites is 1. The predicted molar refractivity (Wildman–Crippen MR) is 119 cm³/mol. The van der Waals surface area contributed by atoms with Gasteiger partial charge in [-0.05, 0) is 31.2 Å². The lowest BCUT2D eigenvalue weighted by Crippen LogP contribution is -2.23. The van der Waals surface area contributed by atoms with E-state index < -0.39 is 24.5 Å². The molecule has 166 valence electrons. The van der Waals surface area contributed by atoms with Crippen molar-refractivity contribution in [3.05, 3.63) is 75.7 Å². The molecule has 0 spiro atoms. The number of aromatic nitrogens is 1. The van der Waals surface area contributed by atoms with Crippen LogP contribution in [0.15, 0.2) is 53.9 Å². The molecule has 0 saturated heterocycles. The van der Waals surface area contributed by atoms with Crippen LogP contribution in [0.25, 0.3) is 0 Å². The minimum Gasteiger partial charge on any atom is -0.486 e. The molecule has 0 unspecified atom stereocenters. The van der Waals surface area contributed by atoms with Gasteiger partial charge in [0.1, 0.15) is 17.4 Å². The van der Waals surface area contributed by atoms with Crippen LogP contribution in [-0.2, 0) is 32.1 Å². The summed E-state index contributed by atoms with van der Waals surface area (Å²) in [5.74, 6) is -0.993. The number of carbonyl (C=O) groups is 3. The lowest BCUT2D eigenvalue weighted by molar-refractivity contribution is -0.146. The summed E-state index contributed by atoms with van der Waals surface area (Å²) in [6.07, 6.45) is -0.0624. The standard InChI is InChI=1S/C23H22N2O6S/c1-15-7-9-17(10-8-15)30-13-21-24-16(14-32-21)11-22(27)31-12-20(26)25-19-6-4-3-5-18(19)23(28)29-2/h3-10,14H,11-13H2,1-2H3,(H,25,26). The van der Waals surface area contributed by atoms with Crippen LogP contribution in [-0.4, -0.2) is 36.5 Å². The van der Waals surface area contributed by atoms with E-state index in [1.807, 2.05) is 31.2 Å². The van der Waals surface area contributed by atoms with Crippen molar-refractivity contribution in [1.82, 2.24) is 4.98 Å². The number of esters is 2. The molecule has 1 N–H and O–H groups in total. The predicted octanol–water partition coefficient (Wildman–Crippen LogP) is 3.54. The highest BCUT2D eigenvalue weighted by atomic mass is 32.1. The Labute approximate surface area is 189 Å². The zero-order chi connectivity index (χ0) is 22.9. The van der Waals surface area contributed by atoms with Crippen LogP contribution in [0.2, 0.25) is 0 Å². The highest BCUT2D eigenvalue weighted by Gasteiger charge is 2.15. The van der Waals surface area contributed by atoms with Crippen LogP contribution in [0, 0.1) is 6.92 Å². The third-order valence-corrected chi connectivity index (χ3v) is 5.15. The van der Waals surface area contributed by atoms with E-state index >= 15 is 0 Å². The molecule has 0 aliphatic rings. The maximum atomic E-state index is 12.1. The van der Waals surface area contributed by atoms with Gasteiger partial charge in [-0.3, -0.25) is 9.59 Å². The second kappa shape index (κ2) is 11.1. The van der Waals surface area contributed by atoms with Gasteiger partial charge in [0.2, 0.25) is 0 Å². The number of benzene rings is 2. The largest absolute Gasteiger partial charge is 0.486 e. The molecule has 32 heavy (non-hydrogen) atoms. The number of carbonyl (C=O) groups excluding carboxylic acids is 3. The summed E-state index contributed by atoms with van der Waals surface area (Å²) in [6.45, 7) is 1.81. The number of nitrogens with one attached hydrogen (secondary N) is 1. The Balaban J connectivity index is 1.45. The van der Waals surface area contributed by atoms with E-state index in [0.29, 0.717) is 12.3 Å². The molecule has 8 nitrogen and oxygen atoms in total. The van der Waals surface area contributed by atoms with Gasteiger partial charge in [0.15, 0.2) is 6.61 Å². The first-order valence-electron chi connectivity index (χ1n) is 9.70. The number of ether oxygens (including phenoxy) is 3. The number of hydrogen-bond donors (Lipinski definition) is 1. The molecule has 0 fully saturated rings. The molecule has 1 heterocycles. The summed E-state index contributed by atoms with van der Waals surface area (Å²) >= 11 is 1.38. The molecule has 9 heteroatoms. The van der Waals surface area contributed by atoms with E-state index in [9.17, 15) is 14.4 Å². The van der Waals surface area contributed by atoms with E-state index in [-0.39, 0.29) is 17.7 Å².